The van der Waals surface area contributed by atoms with Gasteiger partial charge in [0.2, 0.25) is 0 Å². The van der Waals surface area contributed by atoms with Crippen LogP contribution in [0.1, 0.15) is 67.6 Å². The SMILES string of the molecule is CC.Cc1c(OC2CCCCC2)ccc(C#N)c1Cl.NC(=O)c1ccc(Cl)nn1. The molecule has 6 nitrogen and oxygen atoms in total. The summed E-state index contributed by atoms with van der Waals surface area (Å²) in [6, 6.07) is 8.53. The van der Waals surface area contributed by atoms with Gasteiger partial charge >= 0.3 is 0 Å². The minimum Gasteiger partial charge on any atom is -0.490 e. The Kier molecular flexibility index (Phi) is 11.0. The Bertz CT molecular complexity index is 830. The molecule has 0 atom stereocenters. The maximum absolute atomic E-state index is 10.4. The lowest BCUT2D eigenvalue weighted by Crippen LogP contribution is -2.20. The molecular weight excluding hydrogens is 411 g/mol. The van der Waals surface area contributed by atoms with Crippen LogP contribution in [-0.2, 0) is 0 Å². The van der Waals surface area contributed by atoms with Gasteiger partial charge in [-0.05, 0) is 56.9 Å². The highest BCUT2D eigenvalue weighted by Crippen LogP contribution is 2.31. The van der Waals surface area contributed by atoms with Gasteiger partial charge in [0.1, 0.15) is 11.8 Å². The summed E-state index contributed by atoms with van der Waals surface area (Å²) >= 11 is 11.5. The molecule has 0 radical (unpaired) electrons. The van der Waals surface area contributed by atoms with Crippen molar-refractivity contribution in [2.45, 2.75) is 59.0 Å². The van der Waals surface area contributed by atoms with Crippen LogP contribution in [-0.4, -0.2) is 22.2 Å². The fraction of sp³-hybridized carbons (Fsp3) is 0.429. The normalized spacial score (nSPS) is 13.1. The highest BCUT2D eigenvalue weighted by atomic mass is 35.5. The Morgan fingerprint density at radius 2 is 1.79 bits per heavy atom. The Hall–Kier alpha value is -2.36. The van der Waals surface area contributed by atoms with E-state index in [0.29, 0.717) is 16.7 Å². The summed E-state index contributed by atoms with van der Waals surface area (Å²) in [5.41, 5.74) is 6.38. The predicted octanol–water partition coefficient (Wildman–Crippen LogP) is 5.49. The molecule has 29 heavy (non-hydrogen) atoms. The van der Waals surface area contributed by atoms with E-state index in [2.05, 4.69) is 16.3 Å². The summed E-state index contributed by atoms with van der Waals surface area (Å²) in [4.78, 5) is 10.4. The van der Waals surface area contributed by atoms with Crippen LogP contribution >= 0.6 is 23.2 Å². The van der Waals surface area contributed by atoms with Crippen molar-refractivity contribution in [3.05, 3.63) is 51.3 Å². The number of ether oxygens (including phenoxy) is 1. The molecule has 1 heterocycles. The Morgan fingerprint density at radius 3 is 2.31 bits per heavy atom. The van der Waals surface area contributed by atoms with Crippen molar-refractivity contribution in [1.29, 1.82) is 5.26 Å². The monoisotopic (exact) mass is 436 g/mol. The van der Waals surface area contributed by atoms with Crippen molar-refractivity contribution < 1.29 is 9.53 Å². The Balaban J connectivity index is 0.000000299. The molecule has 2 aromatic rings. The lowest BCUT2D eigenvalue weighted by molar-refractivity contribution is 0.0994. The van der Waals surface area contributed by atoms with E-state index >= 15 is 0 Å². The summed E-state index contributed by atoms with van der Waals surface area (Å²) in [5.74, 6) is 0.213. The number of benzene rings is 1. The van der Waals surface area contributed by atoms with Crippen LogP contribution in [0.2, 0.25) is 10.2 Å². The van der Waals surface area contributed by atoms with Crippen LogP contribution < -0.4 is 10.5 Å². The van der Waals surface area contributed by atoms with E-state index in [-0.39, 0.29) is 10.8 Å². The molecule has 1 aliphatic rings. The zero-order valence-electron chi connectivity index (χ0n) is 16.9. The third-order valence-corrected chi connectivity index (χ3v) is 4.88. The molecule has 0 saturated heterocycles. The van der Waals surface area contributed by atoms with Gasteiger partial charge in [0.05, 0.1) is 16.7 Å². The number of hydrogen-bond donors (Lipinski definition) is 1. The number of nitrogens with two attached hydrogens (primary N) is 1. The first-order valence-corrected chi connectivity index (χ1v) is 10.3. The number of halogens is 2. The van der Waals surface area contributed by atoms with E-state index in [0.717, 1.165) is 24.2 Å². The van der Waals surface area contributed by atoms with E-state index in [1.54, 1.807) is 6.07 Å². The summed E-state index contributed by atoms with van der Waals surface area (Å²) in [6.45, 7) is 5.90. The number of primary amides is 1. The fourth-order valence-corrected chi connectivity index (χ4v) is 2.99. The molecule has 1 saturated carbocycles. The van der Waals surface area contributed by atoms with Crippen molar-refractivity contribution >= 4 is 29.1 Å². The predicted molar refractivity (Wildman–Crippen MR) is 115 cm³/mol. The standard InChI is InChI=1S/C14H16ClNO.C5H4ClN3O.C2H6/c1-10-13(8-7-11(9-16)14(10)15)17-12-5-3-2-4-6-12;6-4-2-1-3(5(7)10)8-9-4;1-2/h7-8,12H,2-6H2,1H3;1-2H,(H2,7,10);1-2H3. The van der Waals surface area contributed by atoms with Gasteiger partial charge in [0, 0.05) is 5.56 Å². The second-order valence-corrected chi connectivity index (χ2v) is 6.91. The maximum atomic E-state index is 10.4. The lowest BCUT2D eigenvalue weighted by atomic mass is 9.97. The molecule has 1 amide bonds. The van der Waals surface area contributed by atoms with Gasteiger partial charge in [-0.2, -0.15) is 5.26 Å². The summed E-state index contributed by atoms with van der Waals surface area (Å²) in [6.07, 6.45) is 6.36. The van der Waals surface area contributed by atoms with E-state index in [1.165, 1.54) is 31.4 Å². The number of rotatable bonds is 3. The second-order valence-electron chi connectivity index (χ2n) is 6.15. The Morgan fingerprint density at radius 1 is 1.14 bits per heavy atom. The third kappa shape index (κ3) is 7.88. The van der Waals surface area contributed by atoms with Crippen LogP contribution in [0.3, 0.4) is 0 Å². The lowest BCUT2D eigenvalue weighted by Gasteiger charge is -2.24. The molecule has 0 spiro atoms. The van der Waals surface area contributed by atoms with Crippen LogP contribution in [0, 0.1) is 18.3 Å². The minimum atomic E-state index is -0.607. The first-order valence-electron chi connectivity index (χ1n) is 9.57. The van der Waals surface area contributed by atoms with Crippen molar-refractivity contribution in [2.24, 2.45) is 5.73 Å². The van der Waals surface area contributed by atoms with Gasteiger partial charge < -0.3 is 10.5 Å². The molecular formula is C21H26Cl2N4O2. The number of aromatic nitrogens is 2. The molecule has 8 heteroatoms. The van der Waals surface area contributed by atoms with Crippen LogP contribution in [0.25, 0.3) is 0 Å². The molecule has 1 aromatic carbocycles. The topological polar surface area (TPSA) is 102 Å². The van der Waals surface area contributed by atoms with Crippen LogP contribution in [0.4, 0.5) is 0 Å². The van der Waals surface area contributed by atoms with Gasteiger partial charge in [-0.15, -0.1) is 10.2 Å². The first-order chi connectivity index (χ1) is 13.9. The van der Waals surface area contributed by atoms with Crippen molar-refractivity contribution in [3.63, 3.8) is 0 Å². The van der Waals surface area contributed by atoms with Gasteiger partial charge in [0.15, 0.2) is 10.8 Å². The molecule has 0 unspecified atom stereocenters. The minimum absolute atomic E-state index is 0.115. The van der Waals surface area contributed by atoms with Gasteiger partial charge in [0.25, 0.3) is 5.91 Å². The summed E-state index contributed by atoms with van der Waals surface area (Å²) < 4.78 is 5.97. The zero-order chi connectivity index (χ0) is 21.8. The highest BCUT2D eigenvalue weighted by Gasteiger charge is 2.17. The molecule has 3 rings (SSSR count). The summed E-state index contributed by atoms with van der Waals surface area (Å²) in [5, 5.41) is 16.5. The third-order valence-electron chi connectivity index (χ3n) is 4.19. The second kappa shape index (κ2) is 13.0. The maximum Gasteiger partial charge on any atom is 0.269 e. The van der Waals surface area contributed by atoms with Crippen molar-refractivity contribution in [1.82, 2.24) is 10.2 Å². The van der Waals surface area contributed by atoms with Gasteiger partial charge in [-0.1, -0.05) is 43.5 Å². The number of hydrogen-bond acceptors (Lipinski definition) is 5. The largest absolute Gasteiger partial charge is 0.490 e. The number of carbonyl (C=O) groups is 1. The number of nitrogens with zero attached hydrogens (tertiary/aromatic N) is 3. The zero-order valence-corrected chi connectivity index (χ0v) is 18.4. The number of nitriles is 1. The molecule has 156 valence electrons. The summed E-state index contributed by atoms with van der Waals surface area (Å²) in [7, 11) is 0. The molecule has 1 fully saturated rings. The van der Waals surface area contributed by atoms with E-state index < -0.39 is 5.91 Å². The quantitative estimate of drug-likeness (QED) is 0.684. The molecule has 1 aromatic heterocycles. The Labute approximate surface area is 182 Å². The van der Waals surface area contributed by atoms with Crippen LogP contribution in [0.5, 0.6) is 5.75 Å². The van der Waals surface area contributed by atoms with Crippen molar-refractivity contribution in [2.75, 3.05) is 0 Å². The molecule has 1 aliphatic carbocycles. The molecule has 0 bridgehead atoms. The average molecular weight is 437 g/mol. The van der Waals surface area contributed by atoms with E-state index in [9.17, 15) is 4.79 Å². The first kappa shape index (κ1) is 24.7. The van der Waals surface area contributed by atoms with Crippen LogP contribution in [0.15, 0.2) is 24.3 Å². The fourth-order valence-electron chi connectivity index (χ4n) is 2.69. The molecule has 2 N–H and O–H groups in total. The highest BCUT2D eigenvalue weighted by molar-refractivity contribution is 6.32. The van der Waals surface area contributed by atoms with E-state index in [1.807, 2.05) is 26.8 Å². The van der Waals surface area contributed by atoms with E-state index in [4.69, 9.17) is 38.9 Å². The van der Waals surface area contributed by atoms with Gasteiger partial charge in [-0.3, -0.25) is 4.79 Å². The van der Waals surface area contributed by atoms with Crippen molar-refractivity contribution in [3.8, 4) is 11.8 Å². The average Bonchev–Trinajstić information content (AvgIpc) is 2.75. The molecule has 0 aliphatic heterocycles. The van der Waals surface area contributed by atoms with Gasteiger partial charge in [-0.25, -0.2) is 0 Å². The number of amides is 1. The smallest absolute Gasteiger partial charge is 0.269 e. The number of carbonyl (C=O) groups excluding carboxylic acids is 1.